The van der Waals surface area contributed by atoms with Crippen molar-refractivity contribution in [2.45, 2.75) is 32.7 Å². The summed E-state index contributed by atoms with van der Waals surface area (Å²) in [6, 6.07) is 2.69. The lowest BCUT2D eigenvalue weighted by Crippen LogP contribution is -2.47. The summed E-state index contributed by atoms with van der Waals surface area (Å²) in [5, 5.41) is 8.81. The highest BCUT2D eigenvalue weighted by atomic mass is 16.2. The quantitative estimate of drug-likeness (QED) is 0.829. The van der Waals surface area contributed by atoms with Crippen molar-refractivity contribution >= 4 is 11.8 Å². The third-order valence-electron chi connectivity index (χ3n) is 3.55. The minimum atomic E-state index is -0.341. The molecule has 2 amide bonds. The number of piperidine rings is 1. The number of aromatic nitrogens is 2. The highest BCUT2D eigenvalue weighted by Gasteiger charge is 2.25. The summed E-state index contributed by atoms with van der Waals surface area (Å²) in [5.74, 6) is -0.150. The van der Waals surface area contributed by atoms with Crippen molar-refractivity contribution in [2.75, 3.05) is 13.1 Å². The third kappa shape index (κ3) is 3.90. The Labute approximate surface area is 122 Å². The van der Waals surface area contributed by atoms with Crippen LogP contribution in [0.4, 0.5) is 0 Å². The van der Waals surface area contributed by atoms with Crippen molar-refractivity contribution < 1.29 is 9.59 Å². The molecule has 0 spiro atoms. The lowest BCUT2D eigenvalue weighted by molar-refractivity contribution is -0.135. The lowest BCUT2D eigenvalue weighted by atomic mass is 10.0. The second kappa shape index (κ2) is 6.51. The van der Waals surface area contributed by atoms with Crippen molar-refractivity contribution in [3.05, 3.63) is 28.2 Å². The van der Waals surface area contributed by atoms with Crippen molar-refractivity contribution in [3.8, 4) is 0 Å². The summed E-state index contributed by atoms with van der Waals surface area (Å²) in [5.41, 5.74) is -0.151. The van der Waals surface area contributed by atoms with Crippen molar-refractivity contribution in [1.82, 2.24) is 20.4 Å². The van der Waals surface area contributed by atoms with Gasteiger partial charge in [-0.2, -0.15) is 5.10 Å². The number of carbonyl (C=O) groups is 2. The van der Waals surface area contributed by atoms with Gasteiger partial charge in [-0.05, 0) is 18.9 Å². The van der Waals surface area contributed by atoms with Crippen LogP contribution >= 0.6 is 0 Å². The normalized spacial score (nSPS) is 16.0. The highest BCUT2D eigenvalue weighted by Crippen LogP contribution is 2.13. The molecule has 7 heteroatoms. The number of hydrogen-bond donors (Lipinski definition) is 2. The first-order valence-corrected chi connectivity index (χ1v) is 7.12. The fourth-order valence-electron chi connectivity index (χ4n) is 2.34. The van der Waals surface area contributed by atoms with Gasteiger partial charge in [0.2, 0.25) is 5.91 Å². The SMILES string of the molecule is CC(C)C(=O)N1CCC(NC(=O)c2ccc(=O)[nH]n2)CC1. The van der Waals surface area contributed by atoms with Crippen LogP contribution in [0.5, 0.6) is 0 Å². The number of hydrogen-bond acceptors (Lipinski definition) is 4. The van der Waals surface area contributed by atoms with Crippen LogP contribution in [0.15, 0.2) is 16.9 Å². The van der Waals surface area contributed by atoms with Crippen LogP contribution in [-0.2, 0) is 4.79 Å². The van der Waals surface area contributed by atoms with E-state index in [1.807, 2.05) is 18.7 Å². The van der Waals surface area contributed by atoms with Crippen LogP contribution in [-0.4, -0.2) is 46.0 Å². The van der Waals surface area contributed by atoms with Gasteiger partial charge in [0.05, 0.1) is 0 Å². The summed E-state index contributed by atoms with van der Waals surface area (Å²) < 4.78 is 0. The molecule has 1 saturated heterocycles. The fraction of sp³-hybridized carbons (Fsp3) is 0.571. The lowest BCUT2D eigenvalue weighted by Gasteiger charge is -2.33. The largest absolute Gasteiger partial charge is 0.348 e. The average Bonchev–Trinajstić information content (AvgIpc) is 2.47. The molecule has 0 aliphatic carbocycles. The summed E-state index contributed by atoms with van der Waals surface area (Å²) in [4.78, 5) is 36.6. The van der Waals surface area contributed by atoms with E-state index in [1.165, 1.54) is 12.1 Å². The van der Waals surface area contributed by atoms with Gasteiger partial charge in [-0.25, -0.2) is 5.10 Å². The summed E-state index contributed by atoms with van der Waals surface area (Å²) in [6.07, 6.45) is 1.46. The molecule has 1 aromatic heterocycles. The molecule has 2 rings (SSSR count). The number of likely N-dealkylation sites (tertiary alicyclic amines) is 1. The Balaban J connectivity index is 1.86. The van der Waals surface area contributed by atoms with E-state index in [2.05, 4.69) is 15.5 Å². The minimum absolute atomic E-state index is 0.00137. The standard InChI is InChI=1S/C14H20N4O3/c1-9(2)14(21)18-7-5-10(6-8-18)15-13(20)11-3-4-12(19)17-16-11/h3-4,9-10H,5-8H2,1-2H3,(H,15,20)(H,17,19). The predicted octanol–water partition coefficient (Wildman–Crippen LogP) is 0.147. The third-order valence-corrected chi connectivity index (χ3v) is 3.55. The summed E-state index contributed by atoms with van der Waals surface area (Å²) >= 11 is 0. The Hall–Kier alpha value is -2.18. The number of nitrogens with one attached hydrogen (secondary N) is 2. The van der Waals surface area contributed by atoms with E-state index in [0.29, 0.717) is 13.1 Å². The van der Waals surface area contributed by atoms with Gasteiger partial charge in [0.1, 0.15) is 5.69 Å². The molecule has 0 unspecified atom stereocenters. The predicted molar refractivity (Wildman–Crippen MR) is 76.8 cm³/mol. The van der Waals surface area contributed by atoms with Gasteiger partial charge in [0, 0.05) is 31.1 Å². The van der Waals surface area contributed by atoms with E-state index < -0.39 is 0 Å². The number of rotatable bonds is 3. The van der Waals surface area contributed by atoms with E-state index in [-0.39, 0.29) is 35.0 Å². The van der Waals surface area contributed by atoms with E-state index in [0.717, 1.165) is 12.8 Å². The molecule has 1 aliphatic rings. The van der Waals surface area contributed by atoms with Gasteiger partial charge in [-0.1, -0.05) is 13.8 Å². The Kier molecular flexibility index (Phi) is 4.72. The van der Waals surface area contributed by atoms with Gasteiger partial charge in [0.15, 0.2) is 0 Å². The fourth-order valence-corrected chi connectivity index (χ4v) is 2.34. The topological polar surface area (TPSA) is 95.2 Å². The van der Waals surface area contributed by atoms with E-state index in [9.17, 15) is 14.4 Å². The molecule has 2 heterocycles. The molecule has 0 atom stereocenters. The zero-order chi connectivity index (χ0) is 15.4. The molecular weight excluding hydrogens is 272 g/mol. The molecule has 0 saturated carbocycles. The number of aromatic amines is 1. The first-order chi connectivity index (χ1) is 9.97. The van der Waals surface area contributed by atoms with Crippen LogP contribution in [0.1, 0.15) is 37.2 Å². The highest BCUT2D eigenvalue weighted by molar-refractivity contribution is 5.92. The van der Waals surface area contributed by atoms with Crippen LogP contribution in [0.3, 0.4) is 0 Å². The van der Waals surface area contributed by atoms with Gasteiger partial charge >= 0.3 is 0 Å². The molecule has 2 N–H and O–H groups in total. The molecule has 7 nitrogen and oxygen atoms in total. The minimum Gasteiger partial charge on any atom is -0.348 e. The molecule has 0 bridgehead atoms. The van der Waals surface area contributed by atoms with E-state index in [1.54, 1.807) is 0 Å². The molecule has 0 aromatic carbocycles. The zero-order valence-electron chi connectivity index (χ0n) is 12.3. The molecule has 1 aliphatic heterocycles. The number of H-pyrrole nitrogens is 1. The maximum atomic E-state index is 12.0. The Bertz CT molecular complexity index is 553. The molecule has 1 aromatic rings. The Morgan fingerprint density at radius 1 is 1.33 bits per heavy atom. The average molecular weight is 292 g/mol. The van der Waals surface area contributed by atoms with E-state index in [4.69, 9.17) is 0 Å². The monoisotopic (exact) mass is 292 g/mol. The number of nitrogens with zero attached hydrogens (tertiary/aromatic N) is 2. The van der Waals surface area contributed by atoms with Crippen LogP contribution in [0.25, 0.3) is 0 Å². The van der Waals surface area contributed by atoms with Gasteiger partial charge < -0.3 is 10.2 Å². The van der Waals surface area contributed by atoms with Crippen molar-refractivity contribution in [3.63, 3.8) is 0 Å². The number of carbonyl (C=O) groups excluding carboxylic acids is 2. The Morgan fingerprint density at radius 3 is 2.52 bits per heavy atom. The smallest absolute Gasteiger partial charge is 0.271 e. The maximum Gasteiger partial charge on any atom is 0.271 e. The van der Waals surface area contributed by atoms with Gasteiger partial charge in [0.25, 0.3) is 11.5 Å². The summed E-state index contributed by atoms with van der Waals surface area (Å²) in [6.45, 7) is 5.08. The van der Waals surface area contributed by atoms with Gasteiger partial charge in [-0.3, -0.25) is 14.4 Å². The zero-order valence-corrected chi connectivity index (χ0v) is 12.3. The molecule has 0 radical (unpaired) electrons. The van der Waals surface area contributed by atoms with Crippen molar-refractivity contribution in [1.29, 1.82) is 0 Å². The summed E-state index contributed by atoms with van der Waals surface area (Å²) in [7, 11) is 0. The van der Waals surface area contributed by atoms with Crippen molar-refractivity contribution in [2.24, 2.45) is 5.92 Å². The molecule has 21 heavy (non-hydrogen) atoms. The first-order valence-electron chi connectivity index (χ1n) is 7.12. The second-order valence-electron chi connectivity index (χ2n) is 5.53. The van der Waals surface area contributed by atoms with Crippen LogP contribution in [0.2, 0.25) is 0 Å². The first kappa shape index (κ1) is 15.2. The van der Waals surface area contributed by atoms with Crippen LogP contribution in [0, 0.1) is 5.92 Å². The molecule has 1 fully saturated rings. The maximum absolute atomic E-state index is 12.0. The van der Waals surface area contributed by atoms with E-state index >= 15 is 0 Å². The van der Waals surface area contributed by atoms with Crippen LogP contribution < -0.4 is 10.9 Å². The molecule has 114 valence electrons. The number of amides is 2. The second-order valence-corrected chi connectivity index (χ2v) is 5.53. The Morgan fingerprint density at radius 2 is 2.00 bits per heavy atom. The van der Waals surface area contributed by atoms with Gasteiger partial charge in [-0.15, -0.1) is 0 Å². The molecular formula is C14H20N4O3.